The van der Waals surface area contributed by atoms with Crippen molar-refractivity contribution in [3.63, 3.8) is 0 Å². The number of aromatic nitrogens is 1. The standard InChI is InChI=1S/C16H19F3N2O3/c17-16(18,19)13-4-1-3-12(20-13)9-14(22)21-6-8-24-15(10-21)5-2-7-23-11-15/h1,3-4H,2,5-11H2. The van der Waals surface area contributed by atoms with Gasteiger partial charge in [0.15, 0.2) is 0 Å². The summed E-state index contributed by atoms with van der Waals surface area (Å²) in [6.07, 6.45) is -2.97. The molecule has 0 N–H and O–H groups in total. The number of ether oxygens (including phenoxy) is 2. The minimum absolute atomic E-state index is 0.121. The van der Waals surface area contributed by atoms with Crippen molar-refractivity contribution < 1.29 is 27.4 Å². The SMILES string of the molecule is O=C(Cc1cccc(C(F)(F)F)n1)N1CCOC2(CCCOC2)C1. The highest BCUT2D eigenvalue weighted by molar-refractivity contribution is 5.78. The molecule has 132 valence electrons. The van der Waals surface area contributed by atoms with Crippen molar-refractivity contribution in [1.82, 2.24) is 9.88 Å². The van der Waals surface area contributed by atoms with Gasteiger partial charge in [0.2, 0.25) is 5.91 Å². The number of rotatable bonds is 2. The van der Waals surface area contributed by atoms with E-state index in [4.69, 9.17) is 9.47 Å². The Balaban J connectivity index is 1.66. The lowest BCUT2D eigenvalue weighted by Crippen LogP contribution is -2.57. The second-order valence-corrected chi connectivity index (χ2v) is 6.19. The molecule has 1 spiro atoms. The summed E-state index contributed by atoms with van der Waals surface area (Å²) in [6, 6.07) is 3.61. The van der Waals surface area contributed by atoms with Gasteiger partial charge in [-0.2, -0.15) is 13.2 Å². The molecule has 24 heavy (non-hydrogen) atoms. The molecule has 2 aliphatic heterocycles. The van der Waals surface area contributed by atoms with Crippen molar-refractivity contribution in [2.24, 2.45) is 0 Å². The number of nitrogens with zero attached hydrogens (tertiary/aromatic N) is 2. The van der Waals surface area contributed by atoms with Crippen molar-refractivity contribution in [3.05, 3.63) is 29.6 Å². The van der Waals surface area contributed by atoms with Crippen LogP contribution < -0.4 is 0 Å². The first-order chi connectivity index (χ1) is 11.4. The average molecular weight is 344 g/mol. The van der Waals surface area contributed by atoms with Gasteiger partial charge in [-0.25, -0.2) is 4.98 Å². The van der Waals surface area contributed by atoms with Crippen molar-refractivity contribution in [2.45, 2.75) is 31.0 Å². The summed E-state index contributed by atoms with van der Waals surface area (Å²) in [7, 11) is 0. The van der Waals surface area contributed by atoms with E-state index in [1.54, 1.807) is 4.90 Å². The Morgan fingerprint density at radius 1 is 1.33 bits per heavy atom. The van der Waals surface area contributed by atoms with Crippen LogP contribution in [0.4, 0.5) is 13.2 Å². The maximum atomic E-state index is 12.7. The van der Waals surface area contributed by atoms with E-state index in [9.17, 15) is 18.0 Å². The van der Waals surface area contributed by atoms with E-state index in [0.717, 1.165) is 18.9 Å². The monoisotopic (exact) mass is 344 g/mol. The number of amides is 1. The lowest BCUT2D eigenvalue weighted by atomic mass is 9.94. The van der Waals surface area contributed by atoms with Gasteiger partial charge < -0.3 is 14.4 Å². The predicted octanol–water partition coefficient (Wildman–Crippen LogP) is 2.05. The molecule has 0 radical (unpaired) electrons. The molecule has 2 aliphatic rings. The second-order valence-electron chi connectivity index (χ2n) is 6.19. The van der Waals surface area contributed by atoms with E-state index < -0.39 is 17.5 Å². The zero-order valence-corrected chi connectivity index (χ0v) is 13.1. The molecule has 0 aromatic carbocycles. The molecule has 2 saturated heterocycles. The molecular formula is C16H19F3N2O3. The van der Waals surface area contributed by atoms with E-state index in [2.05, 4.69) is 4.98 Å². The molecule has 8 heteroatoms. The third kappa shape index (κ3) is 3.87. The maximum Gasteiger partial charge on any atom is 0.433 e. The van der Waals surface area contributed by atoms with Crippen molar-refractivity contribution in [2.75, 3.05) is 32.9 Å². The van der Waals surface area contributed by atoms with Crippen LogP contribution >= 0.6 is 0 Å². The Hall–Kier alpha value is -1.67. The summed E-state index contributed by atoms with van der Waals surface area (Å²) >= 11 is 0. The van der Waals surface area contributed by atoms with Crippen LogP contribution in [0.3, 0.4) is 0 Å². The lowest BCUT2D eigenvalue weighted by molar-refractivity contribution is -0.176. The Bertz CT molecular complexity index is 595. The molecule has 0 saturated carbocycles. The first-order valence-electron chi connectivity index (χ1n) is 7.91. The van der Waals surface area contributed by atoms with Crippen LogP contribution in [0.5, 0.6) is 0 Å². The van der Waals surface area contributed by atoms with Crippen LogP contribution in [-0.4, -0.2) is 54.3 Å². The van der Waals surface area contributed by atoms with Gasteiger partial charge in [-0.1, -0.05) is 6.07 Å². The van der Waals surface area contributed by atoms with Crippen molar-refractivity contribution in [1.29, 1.82) is 0 Å². The third-order valence-electron chi connectivity index (χ3n) is 4.32. The Morgan fingerprint density at radius 3 is 2.88 bits per heavy atom. The largest absolute Gasteiger partial charge is 0.433 e. The number of halogens is 3. The summed E-state index contributed by atoms with van der Waals surface area (Å²) < 4.78 is 49.4. The zero-order valence-electron chi connectivity index (χ0n) is 13.1. The van der Waals surface area contributed by atoms with E-state index in [1.165, 1.54) is 12.1 Å². The van der Waals surface area contributed by atoms with Gasteiger partial charge in [-0.15, -0.1) is 0 Å². The minimum Gasteiger partial charge on any atom is -0.378 e. The Morgan fingerprint density at radius 2 is 2.17 bits per heavy atom. The molecule has 5 nitrogen and oxygen atoms in total. The topological polar surface area (TPSA) is 51.7 Å². The number of carbonyl (C=O) groups is 1. The van der Waals surface area contributed by atoms with E-state index in [-0.39, 0.29) is 18.0 Å². The van der Waals surface area contributed by atoms with Crippen LogP contribution in [0, 0.1) is 0 Å². The number of hydrogen-bond acceptors (Lipinski definition) is 4. The molecule has 3 rings (SSSR count). The summed E-state index contributed by atoms with van der Waals surface area (Å²) in [4.78, 5) is 17.7. The number of pyridine rings is 1. The Labute approximate surface area is 137 Å². The summed E-state index contributed by atoms with van der Waals surface area (Å²) in [6.45, 7) is 2.38. The van der Waals surface area contributed by atoms with Crippen LogP contribution in [-0.2, 0) is 26.9 Å². The fourth-order valence-electron chi connectivity index (χ4n) is 3.13. The molecule has 3 heterocycles. The smallest absolute Gasteiger partial charge is 0.378 e. The molecule has 1 aromatic rings. The van der Waals surface area contributed by atoms with Crippen LogP contribution in [0.2, 0.25) is 0 Å². The molecule has 2 fully saturated rings. The fourth-order valence-corrected chi connectivity index (χ4v) is 3.13. The van der Waals surface area contributed by atoms with E-state index >= 15 is 0 Å². The van der Waals surface area contributed by atoms with Gasteiger partial charge in [0, 0.05) is 13.2 Å². The first kappa shape index (κ1) is 17.2. The van der Waals surface area contributed by atoms with Gasteiger partial charge in [0.25, 0.3) is 0 Å². The fraction of sp³-hybridized carbons (Fsp3) is 0.625. The highest BCUT2D eigenvalue weighted by Crippen LogP contribution is 2.29. The number of morpholine rings is 1. The van der Waals surface area contributed by atoms with Gasteiger partial charge in [0.1, 0.15) is 11.3 Å². The van der Waals surface area contributed by atoms with Gasteiger partial charge >= 0.3 is 6.18 Å². The Kier molecular flexibility index (Phi) is 4.78. The van der Waals surface area contributed by atoms with Crippen molar-refractivity contribution >= 4 is 5.91 Å². The first-order valence-corrected chi connectivity index (χ1v) is 7.91. The maximum absolute atomic E-state index is 12.7. The normalized spacial score (nSPS) is 25.0. The molecule has 1 atom stereocenters. The molecule has 0 bridgehead atoms. The third-order valence-corrected chi connectivity index (χ3v) is 4.32. The quantitative estimate of drug-likeness (QED) is 0.824. The van der Waals surface area contributed by atoms with Crippen LogP contribution in [0.1, 0.15) is 24.2 Å². The van der Waals surface area contributed by atoms with Gasteiger partial charge in [0.05, 0.1) is 31.9 Å². The molecule has 0 aliphatic carbocycles. The van der Waals surface area contributed by atoms with Crippen LogP contribution in [0.15, 0.2) is 18.2 Å². The number of carbonyl (C=O) groups excluding carboxylic acids is 1. The van der Waals surface area contributed by atoms with Crippen molar-refractivity contribution in [3.8, 4) is 0 Å². The van der Waals surface area contributed by atoms with Gasteiger partial charge in [-0.05, 0) is 25.0 Å². The zero-order chi connectivity index (χ0) is 17.2. The number of alkyl halides is 3. The second kappa shape index (κ2) is 6.68. The number of hydrogen-bond donors (Lipinski definition) is 0. The molecule has 1 aromatic heterocycles. The molecular weight excluding hydrogens is 325 g/mol. The summed E-state index contributed by atoms with van der Waals surface area (Å²) in [5, 5.41) is 0. The highest BCUT2D eigenvalue weighted by atomic mass is 19.4. The average Bonchev–Trinajstić information content (AvgIpc) is 2.55. The summed E-state index contributed by atoms with van der Waals surface area (Å²) in [5.41, 5.74) is -1.34. The summed E-state index contributed by atoms with van der Waals surface area (Å²) in [5.74, 6) is -0.241. The lowest BCUT2D eigenvalue weighted by Gasteiger charge is -2.44. The highest BCUT2D eigenvalue weighted by Gasteiger charge is 2.40. The van der Waals surface area contributed by atoms with E-state index in [1.807, 2.05) is 0 Å². The molecule has 1 amide bonds. The molecule has 1 unspecified atom stereocenters. The van der Waals surface area contributed by atoms with Crippen LogP contribution in [0.25, 0.3) is 0 Å². The predicted molar refractivity (Wildman–Crippen MR) is 78.3 cm³/mol. The minimum atomic E-state index is -4.51. The van der Waals surface area contributed by atoms with Gasteiger partial charge in [-0.3, -0.25) is 4.79 Å². The van der Waals surface area contributed by atoms with E-state index in [0.29, 0.717) is 32.9 Å².